The number of likely N-dealkylation sites (tertiary alicyclic amines) is 1. The van der Waals surface area contributed by atoms with Crippen LogP contribution in [0.4, 0.5) is 11.4 Å². The fraction of sp³-hybridized carbons (Fsp3) is 0.581. The minimum absolute atomic E-state index is 0.122. The van der Waals surface area contributed by atoms with Crippen LogP contribution in [0, 0.1) is 11.8 Å². The number of fused-ring (bicyclic) bond motifs is 2. The van der Waals surface area contributed by atoms with Crippen LogP contribution in [0.15, 0.2) is 48.6 Å². The molecule has 1 unspecified atom stereocenters. The first-order valence-electron chi connectivity index (χ1n) is 14.7. The smallest absolute Gasteiger partial charge is 0.253 e. The Kier molecular flexibility index (Phi) is 8.33. The number of likely N-dealkylation sites (N-methyl/N-ethyl adjacent to an activating group) is 1. The second-order valence-corrected chi connectivity index (χ2v) is 11.2. The zero-order chi connectivity index (χ0) is 28.4. The predicted molar refractivity (Wildman–Crippen MR) is 154 cm³/mol. The average Bonchev–Trinajstić information content (AvgIpc) is 3.28. The molecule has 2 fully saturated rings. The summed E-state index contributed by atoms with van der Waals surface area (Å²) in [6.45, 7) is 7.39. The van der Waals surface area contributed by atoms with Gasteiger partial charge in [0.25, 0.3) is 5.91 Å². The molecular formula is C31H42N4O5. The van der Waals surface area contributed by atoms with Gasteiger partial charge in [0.2, 0.25) is 11.8 Å². The number of rotatable bonds is 10. The summed E-state index contributed by atoms with van der Waals surface area (Å²) in [4.78, 5) is 49.4. The van der Waals surface area contributed by atoms with Crippen molar-refractivity contribution in [3.8, 4) is 0 Å². The second-order valence-electron chi connectivity index (χ2n) is 11.2. The van der Waals surface area contributed by atoms with Crippen molar-refractivity contribution in [3.05, 3.63) is 48.6 Å². The van der Waals surface area contributed by atoms with Gasteiger partial charge < -0.3 is 29.4 Å². The summed E-state index contributed by atoms with van der Waals surface area (Å²) in [5.41, 5.74) is 0.657. The van der Waals surface area contributed by atoms with Crippen molar-refractivity contribution < 1.29 is 24.2 Å². The maximum Gasteiger partial charge on any atom is 0.253 e. The number of anilines is 2. The molecular weight excluding hydrogens is 508 g/mol. The average molecular weight is 551 g/mol. The SMILES string of the molecule is CCN(CC)c1ccc(N2CC=C[C@]34O[C@@H]5C=CCN(C)C(=O)[C@@H]5[C@H]3C(=O)N(CCCCCCO)C4C2=O)cc1. The second kappa shape index (κ2) is 11.7. The third-order valence-electron chi connectivity index (χ3n) is 8.96. The molecule has 216 valence electrons. The van der Waals surface area contributed by atoms with Gasteiger partial charge in [0.15, 0.2) is 0 Å². The van der Waals surface area contributed by atoms with Gasteiger partial charge in [0.05, 0.1) is 17.9 Å². The minimum atomic E-state index is -1.21. The van der Waals surface area contributed by atoms with Crippen molar-refractivity contribution in [3.63, 3.8) is 0 Å². The molecule has 0 bridgehead atoms. The van der Waals surface area contributed by atoms with Gasteiger partial charge >= 0.3 is 0 Å². The van der Waals surface area contributed by atoms with E-state index in [0.717, 1.165) is 37.3 Å². The van der Waals surface area contributed by atoms with Crippen LogP contribution in [0.5, 0.6) is 0 Å². The lowest BCUT2D eigenvalue weighted by molar-refractivity contribution is -0.143. The first kappa shape index (κ1) is 28.4. The van der Waals surface area contributed by atoms with E-state index in [4.69, 9.17) is 9.84 Å². The number of ether oxygens (including phenoxy) is 1. The summed E-state index contributed by atoms with van der Waals surface area (Å²) in [6, 6.07) is 7.13. The fourth-order valence-electron chi connectivity index (χ4n) is 6.91. The quantitative estimate of drug-likeness (QED) is 0.356. The molecule has 40 heavy (non-hydrogen) atoms. The number of carbonyl (C=O) groups excluding carboxylic acids is 3. The van der Waals surface area contributed by atoms with E-state index < -0.39 is 29.6 Å². The molecule has 0 aliphatic carbocycles. The van der Waals surface area contributed by atoms with Crippen LogP contribution in [0.1, 0.15) is 39.5 Å². The lowest BCUT2D eigenvalue weighted by Gasteiger charge is -2.35. The Labute approximate surface area is 237 Å². The number of hydrogen-bond acceptors (Lipinski definition) is 6. The molecule has 4 aliphatic rings. The van der Waals surface area contributed by atoms with Crippen molar-refractivity contribution in [2.24, 2.45) is 11.8 Å². The Balaban J connectivity index is 1.50. The summed E-state index contributed by atoms with van der Waals surface area (Å²) in [7, 11) is 1.74. The van der Waals surface area contributed by atoms with Gasteiger partial charge in [-0.3, -0.25) is 14.4 Å². The first-order valence-corrected chi connectivity index (χ1v) is 14.7. The van der Waals surface area contributed by atoms with Crippen LogP contribution in [0.2, 0.25) is 0 Å². The van der Waals surface area contributed by atoms with Crippen molar-refractivity contribution in [2.45, 2.75) is 57.3 Å². The Morgan fingerprint density at radius 2 is 1.68 bits per heavy atom. The molecule has 1 aromatic carbocycles. The maximum absolute atomic E-state index is 14.5. The molecule has 1 aromatic rings. The van der Waals surface area contributed by atoms with Crippen LogP contribution in [-0.2, 0) is 19.1 Å². The zero-order valence-corrected chi connectivity index (χ0v) is 23.9. The summed E-state index contributed by atoms with van der Waals surface area (Å²) in [6.07, 6.45) is 10.2. The van der Waals surface area contributed by atoms with Gasteiger partial charge in [-0.2, -0.15) is 0 Å². The standard InChI is InChI=1S/C31H42N4O5/c1-4-33(5-2)22-13-15-23(16-14-22)34-20-11-17-31-26(25-24(40-31)12-10-18-32(3)28(25)37)29(38)35(27(31)30(34)39)19-8-6-7-9-21-36/h10-17,24-27,36H,4-9,18-21H2,1-3H3/t24-,25+,26+,27?,31+/m1/s1. The van der Waals surface area contributed by atoms with Crippen LogP contribution in [-0.4, -0.2) is 96.8 Å². The van der Waals surface area contributed by atoms with E-state index in [2.05, 4.69) is 18.7 Å². The first-order chi connectivity index (χ1) is 19.4. The van der Waals surface area contributed by atoms with E-state index >= 15 is 0 Å². The fourth-order valence-corrected chi connectivity index (χ4v) is 6.91. The zero-order valence-electron chi connectivity index (χ0n) is 23.9. The molecule has 5 atom stereocenters. The normalized spacial score (nSPS) is 29.4. The number of amides is 3. The number of hydrogen-bond donors (Lipinski definition) is 1. The molecule has 5 rings (SSSR count). The van der Waals surface area contributed by atoms with Gasteiger partial charge in [-0.05, 0) is 51.0 Å². The molecule has 9 heteroatoms. The number of aliphatic hydroxyl groups is 1. The van der Waals surface area contributed by atoms with E-state index in [1.165, 1.54) is 0 Å². The van der Waals surface area contributed by atoms with Crippen LogP contribution in [0.25, 0.3) is 0 Å². The van der Waals surface area contributed by atoms with E-state index in [0.29, 0.717) is 32.5 Å². The van der Waals surface area contributed by atoms with Crippen molar-refractivity contribution in [2.75, 3.05) is 56.2 Å². The maximum atomic E-state index is 14.5. The number of benzene rings is 1. The Morgan fingerprint density at radius 3 is 2.38 bits per heavy atom. The lowest BCUT2D eigenvalue weighted by atomic mass is 9.77. The molecule has 1 N–H and O–H groups in total. The monoisotopic (exact) mass is 550 g/mol. The Bertz CT molecular complexity index is 1160. The number of aliphatic hydroxyl groups excluding tert-OH is 1. The van der Waals surface area contributed by atoms with Crippen LogP contribution in [0.3, 0.4) is 0 Å². The van der Waals surface area contributed by atoms with E-state index in [1.807, 2.05) is 48.6 Å². The lowest BCUT2D eigenvalue weighted by Crippen LogP contribution is -2.55. The molecule has 9 nitrogen and oxygen atoms in total. The summed E-state index contributed by atoms with van der Waals surface area (Å²) in [5.74, 6) is -1.93. The molecule has 4 aliphatic heterocycles. The number of nitrogens with zero attached hydrogens (tertiary/aromatic N) is 4. The molecule has 2 saturated heterocycles. The summed E-state index contributed by atoms with van der Waals surface area (Å²) >= 11 is 0. The molecule has 0 radical (unpaired) electrons. The van der Waals surface area contributed by atoms with Crippen molar-refractivity contribution in [1.29, 1.82) is 0 Å². The predicted octanol–water partition coefficient (Wildman–Crippen LogP) is 2.60. The van der Waals surface area contributed by atoms with Crippen LogP contribution >= 0.6 is 0 Å². The van der Waals surface area contributed by atoms with Gasteiger partial charge in [0, 0.05) is 57.8 Å². The van der Waals surface area contributed by atoms with Gasteiger partial charge in [0.1, 0.15) is 11.6 Å². The highest BCUT2D eigenvalue weighted by Gasteiger charge is 2.71. The van der Waals surface area contributed by atoms with E-state index in [-0.39, 0.29) is 24.3 Å². The highest BCUT2D eigenvalue weighted by Crippen LogP contribution is 2.53. The third-order valence-corrected chi connectivity index (χ3v) is 8.96. The summed E-state index contributed by atoms with van der Waals surface area (Å²) < 4.78 is 6.67. The number of unbranched alkanes of at least 4 members (excludes halogenated alkanes) is 3. The van der Waals surface area contributed by atoms with E-state index in [1.54, 1.807) is 21.7 Å². The van der Waals surface area contributed by atoms with Crippen molar-refractivity contribution in [1.82, 2.24) is 9.80 Å². The largest absolute Gasteiger partial charge is 0.396 e. The molecule has 3 amide bonds. The Morgan fingerprint density at radius 1 is 0.950 bits per heavy atom. The summed E-state index contributed by atoms with van der Waals surface area (Å²) in [5, 5.41) is 9.16. The highest BCUT2D eigenvalue weighted by molar-refractivity contribution is 6.05. The minimum Gasteiger partial charge on any atom is -0.396 e. The van der Waals surface area contributed by atoms with E-state index in [9.17, 15) is 14.4 Å². The molecule has 0 aromatic heterocycles. The molecule has 1 spiro atoms. The van der Waals surface area contributed by atoms with Crippen LogP contribution < -0.4 is 9.80 Å². The van der Waals surface area contributed by atoms with Gasteiger partial charge in [-0.1, -0.05) is 37.1 Å². The number of carbonyl (C=O) groups is 3. The third kappa shape index (κ3) is 4.73. The van der Waals surface area contributed by atoms with Gasteiger partial charge in [-0.25, -0.2) is 0 Å². The topological polar surface area (TPSA) is 93.6 Å². The van der Waals surface area contributed by atoms with Gasteiger partial charge in [-0.15, -0.1) is 0 Å². The Hall–Kier alpha value is -3.17. The highest BCUT2D eigenvalue weighted by atomic mass is 16.5. The molecule has 0 saturated carbocycles. The van der Waals surface area contributed by atoms with Crippen molar-refractivity contribution >= 4 is 29.1 Å². The molecule has 4 heterocycles.